The van der Waals surface area contributed by atoms with Gasteiger partial charge in [-0.3, -0.25) is 4.79 Å². The monoisotopic (exact) mass is 369 g/mol. The molecule has 0 spiro atoms. The lowest BCUT2D eigenvalue weighted by Crippen LogP contribution is -2.42. The van der Waals surface area contributed by atoms with Crippen LogP contribution < -0.4 is 4.90 Å². The van der Waals surface area contributed by atoms with Crippen molar-refractivity contribution in [1.29, 1.82) is 5.26 Å². The number of thiophene rings is 1. The molecule has 2 aromatic rings. The van der Waals surface area contributed by atoms with Crippen LogP contribution in [-0.4, -0.2) is 53.6 Å². The zero-order chi connectivity index (χ0) is 17.9. The van der Waals surface area contributed by atoms with E-state index < -0.39 is 0 Å². The van der Waals surface area contributed by atoms with E-state index in [0.29, 0.717) is 30.1 Å². The number of nitrogens with zero attached hydrogens (tertiary/aromatic N) is 5. The summed E-state index contributed by atoms with van der Waals surface area (Å²) in [6.45, 7) is 3.36. The first-order valence-corrected chi connectivity index (χ1v) is 9.60. The topological polar surface area (TPSA) is 82.3 Å². The van der Waals surface area contributed by atoms with Crippen LogP contribution in [0, 0.1) is 11.3 Å². The van der Waals surface area contributed by atoms with Crippen molar-refractivity contribution in [3.05, 3.63) is 39.8 Å². The molecule has 8 heteroatoms. The average Bonchev–Trinajstić information content (AvgIpc) is 3.39. The summed E-state index contributed by atoms with van der Waals surface area (Å²) in [6.07, 6.45) is 3.81. The molecule has 0 aromatic carbocycles. The summed E-state index contributed by atoms with van der Waals surface area (Å²) in [5, 5.41) is 10.9. The number of amides is 1. The molecular formula is C18H19N5O2S. The quantitative estimate of drug-likeness (QED) is 0.825. The molecule has 2 fully saturated rings. The highest BCUT2D eigenvalue weighted by molar-refractivity contribution is 7.12. The highest BCUT2D eigenvalue weighted by Crippen LogP contribution is 2.26. The van der Waals surface area contributed by atoms with Crippen molar-refractivity contribution >= 4 is 23.2 Å². The number of rotatable bonds is 3. The van der Waals surface area contributed by atoms with E-state index in [1.165, 1.54) is 11.3 Å². The molecule has 0 saturated carbocycles. The predicted molar refractivity (Wildman–Crippen MR) is 97.1 cm³/mol. The Morgan fingerprint density at radius 3 is 2.96 bits per heavy atom. The summed E-state index contributed by atoms with van der Waals surface area (Å²) in [6, 6.07) is 5.62. The second-order valence-corrected chi connectivity index (χ2v) is 7.28. The van der Waals surface area contributed by atoms with Gasteiger partial charge < -0.3 is 14.5 Å². The van der Waals surface area contributed by atoms with Crippen LogP contribution in [0.4, 0.5) is 5.95 Å². The number of anilines is 1. The summed E-state index contributed by atoms with van der Waals surface area (Å²) in [5.41, 5.74) is 1.23. The highest BCUT2D eigenvalue weighted by atomic mass is 32.1. The number of carbonyl (C=O) groups is 1. The van der Waals surface area contributed by atoms with E-state index in [0.717, 1.165) is 37.6 Å². The highest BCUT2D eigenvalue weighted by Gasteiger charge is 2.29. The number of hydrogen-bond acceptors (Lipinski definition) is 7. The van der Waals surface area contributed by atoms with E-state index in [1.54, 1.807) is 22.5 Å². The summed E-state index contributed by atoms with van der Waals surface area (Å²) in [4.78, 5) is 26.3. The van der Waals surface area contributed by atoms with Gasteiger partial charge in [0.2, 0.25) is 5.95 Å². The molecule has 0 N–H and O–H groups in total. The number of nitriles is 1. The third-order valence-electron chi connectivity index (χ3n) is 4.72. The molecule has 2 saturated heterocycles. The predicted octanol–water partition coefficient (Wildman–Crippen LogP) is 2.22. The maximum absolute atomic E-state index is 12.8. The van der Waals surface area contributed by atoms with Gasteiger partial charge in [-0.1, -0.05) is 0 Å². The normalized spacial score (nSPS) is 20.2. The van der Waals surface area contributed by atoms with Gasteiger partial charge in [-0.15, -0.1) is 11.3 Å². The first kappa shape index (κ1) is 16.9. The smallest absolute Gasteiger partial charge is 0.265 e. The first-order valence-electron chi connectivity index (χ1n) is 8.72. The van der Waals surface area contributed by atoms with Crippen molar-refractivity contribution in [2.75, 3.05) is 37.7 Å². The van der Waals surface area contributed by atoms with Crippen molar-refractivity contribution in [3.8, 4) is 6.07 Å². The van der Waals surface area contributed by atoms with Crippen molar-refractivity contribution < 1.29 is 9.53 Å². The lowest BCUT2D eigenvalue weighted by atomic mass is 10.2. The van der Waals surface area contributed by atoms with Gasteiger partial charge in [0.25, 0.3) is 5.91 Å². The van der Waals surface area contributed by atoms with Crippen LogP contribution in [0.1, 0.15) is 39.9 Å². The Hall–Kier alpha value is -2.50. The molecule has 2 aromatic heterocycles. The minimum absolute atomic E-state index is 0.112. The van der Waals surface area contributed by atoms with Crippen molar-refractivity contribution in [2.45, 2.75) is 18.9 Å². The van der Waals surface area contributed by atoms with Crippen molar-refractivity contribution in [1.82, 2.24) is 14.9 Å². The fourth-order valence-corrected chi connectivity index (χ4v) is 4.14. The van der Waals surface area contributed by atoms with Gasteiger partial charge in [0.05, 0.1) is 24.4 Å². The largest absolute Gasteiger partial charge is 0.368 e. The van der Waals surface area contributed by atoms with E-state index >= 15 is 0 Å². The maximum atomic E-state index is 12.8. The second kappa shape index (κ2) is 7.40. The number of ether oxygens (including phenoxy) is 1. The maximum Gasteiger partial charge on any atom is 0.265 e. The van der Waals surface area contributed by atoms with Gasteiger partial charge in [-0.25, -0.2) is 9.97 Å². The summed E-state index contributed by atoms with van der Waals surface area (Å²) < 4.78 is 5.87. The Kier molecular flexibility index (Phi) is 4.82. The zero-order valence-corrected chi connectivity index (χ0v) is 15.1. The Labute approximate surface area is 155 Å². The molecule has 2 aliphatic heterocycles. The molecule has 1 atom stereocenters. The molecule has 4 rings (SSSR count). The van der Waals surface area contributed by atoms with Crippen LogP contribution in [0.3, 0.4) is 0 Å². The molecule has 0 radical (unpaired) electrons. The molecule has 134 valence electrons. The van der Waals surface area contributed by atoms with Crippen LogP contribution >= 0.6 is 11.3 Å². The summed E-state index contributed by atoms with van der Waals surface area (Å²) in [5.74, 6) is 0.621. The first-order chi connectivity index (χ1) is 12.8. The number of carbonyl (C=O) groups excluding carboxylic acids is 1. The average molecular weight is 369 g/mol. The molecule has 4 heterocycles. The molecular weight excluding hydrogens is 350 g/mol. The van der Waals surface area contributed by atoms with Crippen molar-refractivity contribution in [2.24, 2.45) is 0 Å². The Morgan fingerprint density at radius 2 is 2.15 bits per heavy atom. The van der Waals surface area contributed by atoms with Crippen LogP contribution in [-0.2, 0) is 4.74 Å². The zero-order valence-electron chi connectivity index (χ0n) is 14.3. The van der Waals surface area contributed by atoms with Gasteiger partial charge in [0.1, 0.15) is 17.1 Å². The summed E-state index contributed by atoms with van der Waals surface area (Å²) in [7, 11) is 0. The molecule has 0 unspecified atom stereocenters. The minimum atomic E-state index is -0.275. The molecule has 7 nitrogen and oxygen atoms in total. The Morgan fingerprint density at radius 1 is 1.31 bits per heavy atom. The SMILES string of the molecule is N#Cc1ccsc1C(=O)N1CCO[C@H](c2ccnc(N3CCCC3)n2)C1. The fraction of sp³-hybridized carbons (Fsp3) is 0.444. The molecule has 0 bridgehead atoms. The molecule has 0 aliphatic carbocycles. The van der Waals surface area contributed by atoms with E-state index in [2.05, 4.69) is 20.9 Å². The minimum Gasteiger partial charge on any atom is -0.368 e. The Balaban J connectivity index is 1.51. The van der Waals surface area contributed by atoms with E-state index in [1.807, 2.05) is 6.07 Å². The van der Waals surface area contributed by atoms with Gasteiger partial charge >= 0.3 is 0 Å². The molecule has 1 amide bonds. The number of aromatic nitrogens is 2. The van der Waals surface area contributed by atoms with Crippen LogP contribution in [0.5, 0.6) is 0 Å². The van der Waals surface area contributed by atoms with E-state index in [4.69, 9.17) is 10.00 Å². The molecule has 26 heavy (non-hydrogen) atoms. The van der Waals surface area contributed by atoms with E-state index in [-0.39, 0.29) is 12.0 Å². The van der Waals surface area contributed by atoms with Crippen LogP contribution in [0.25, 0.3) is 0 Å². The number of morpholine rings is 1. The van der Waals surface area contributed by atoms with Gasteiger partial charge in [-0.2, -0.15) is 5.26 Å². The third kappa shape index (κ3) is 3.28. The Bertz CT molecular complexity index is 840. The fourth-order valence-electron chi connectivity index (χ4n) is 3.33. The van der Waals surface area contributed by atoms with Gasteiger partial charge in [-0.05, 0) is 30.4 Å². The summed E-state index contributed by atoms with van der Waals surface area (Å²) >= 11 is 1.31. The standard InChI is InChI=1S/C18H19N5O2S/c19-11-13-4-10-26-16(13)17(24)23-8-9-25-15(12-23)14-3-5-20-18(21-14)22-6-1-2-7-22/h3-5,10,15H,1-2,6-9,12H2/t15-/m0/s1. The van der Waals surface area contributed by atoms with Gasteiger partial charge in [0.15, 0.2) is 0 Å². The van der Waals surface area contributed by atoms with Crippen molar-refractivity contribution in [3.63, 3.8) is 0 Å². The second-order valence-electron chi connectivity index (χ2n) is 6.36. The molecule has 2 aliphatic rings. The van der Waals surface area contributed by atoms with Crippen LogP contribution in [0.2, 0.25) is 0 Å². The third-order valence-corrected chi connectivity index (χ3v) is 5.62. The lowest BCUT2D eigenvalue weighted by molar-refractivity contribution is -0.0245. The van der Waals surface area contributed by atoms with Gasteiger partial charge in [0, 0.05) is 25.8 Å². The number of hydrogen-bond donors (Lipinski definition) is 0. The van der Waals surface area contributed by atoms with E-state index in [9.17, 15) is 4.79 Å². The lowest BCUT2D eigenvalue weighted by Gasteiger charge is -2.32. The van der Waals surface area contributed by atoms with Crippen LogP contribution in [0.15, 0.2) is 23.7 Å².